The number of nitrogens with one attached hydrogen (secondary N) is 1. The average molecular weight is 423 g/mol. The zero-order chi connectivity index (χ0) is 19.1. The van der Waals surface area contributed by atoms with Gasteiger partial charge in [0.15, 0.2) is 16.7 Å². The van der Waals surface area contributed by atoms with Crippen LogP contribution in [0.4, 0.5) is 5.69 Å². The molecule has 2 heterocycles. The van der Waals surface area contributed by atoms with Crippen molar-refractivity contribution in [3.05, 3.63) is 50.8 Å². The Hall–Kier alpha value is -2.35. The van der Waals surface area contributed by atoms with E-state index in [1.165, 1.54) is 12.0 Å². The van der Waals surface area contributed by atoms with E-state index in [-0.39, 0.29) is 17.9 Å². The fraction of sp³-hybridized carbons (Fsp3) is 0.111. The van der Waals surface area contributed by atoms with Crippen molar-refractivity contribution in [2.45, 2.75) is 0 Å². The van der Waals surface area contributed by atoms with E-state index < -0.39 is 0 Å². The van der Waals surface area contributed by atoms with E-state index in [1.807, 2.05) is 0 Å². The molecule has 0 aliphatic carbocycles. The molecule has 4 rings (SSSR count). The quantitative estimate of drug-likeness (QED) is 0.719. The summed E-state index contributed by atoms with van der Waals surface area (Å²) < 4.78 is 15.9. The average Bonchev–Trinajstić information content (AvgIpc) is 3.18. The Morgan fingerprint density at radius 2 is 2.00 bits per heavy atom. The second-order valence-corrected chi connectivity index (χ2v) is 7.48. The zero-order valence-corrected chi connectivity index (χ0v) is 16.2. The van der Waals surface area contributed by atoms with Crippen LogP contribution >= 0.6 is 35.0 Å². The van der Waals surface area contributed by atoms with Crippen LogP contribution in [0.3, 0.4) is 0 Å². The molecule has 2 aromatic rings. The number of benzene rings is 2. The minimum atomic E-state index is -0.331. The lowest BCUT2D eigenvalue weighted by molar-refractivity contribution is -0.113. The molecule has 2 aliphatic rings. The Balaban J connectivity index is 1.71. The van der Waals surface area contributed by atoms with E-state index in [0.29, 0.717) is 43.4 Å². The summed E-state index contributed by atoms with van der Waals surface area (Å²) in [6.45, 7) is 0.138. The normalized spacial score (nSPS) is 17.1. The Bertz CT molecular complexity index is 1010. The summed E-state index contributed by atoms with van der Waals surface area (Å²) in [5.74, 6) is 1.23. The number of anilines is 1. The maximum atomic E-state index is 12.9. The highest BCUT2D eigenvalue weighted by atomic mass is 35.5. The monoisotopic (exact) mass is 422 g/mol. The molecule has 2 aliphatic heterocycles. The van der Waals surface area contributed by atoms with Gasteiger partial charge in [-0.1, -0.05) is 23.2 Å². The van der Waals surface area contributed by atoms with Crippen LogP contribution in [0.15, 0.2) is 35.2 Å². The first-order valence-electron chi connectivity index (χ1n) is 7.73. The number of carbonyl (C=O) groups excluding carboxylic acids is 1. The van der Waals surface area contributed by atoms with Crippen LogP contribution in [0.25, 0.3) is 6.08 Å². The van der Waals surface area contributed by atoms with E-state index in [1.54, 1.807) is 36.4 Å². The molecule has 1 N–H and O–H groups in total. The van der Waals surface area contributed by atoms with Crippen molar-refractivity contribution in [1.82, 2.24) is 0 Å². The molecule has 0 unspecified atom stereocenters. The number of nitrogens with zero attached hydrogens (tertiary/aromatic N) is 1. The Labute approximate surface area is 169 Å². The van der Waals surface area contributed by atoms with Crippen molar-refractivity contribution >= 4 is 57.8 Å². The Morgan fingerprint density at radius 1 is 1.22 bits per heavy atom. The molecule has 9 heteroatoms. The highest BCUT2D eigenvalue weighted by Crippen LogP contribution is 2.41. The van der Waals surface area contributed by atoms with Crippen LogP contribution in [0, 0.1) is 5.41 Å². The Kier molecular flexibility index (Phi) is 4.67. The van der Waals surface area contributed by atoms with Gasteiger partial charge < -0.3 is 14.2 Å². The lowest BCUT2D eigenvalue weighted by Gasteiger charge is -2.14. The molecule has 1 fully saturated rings. The van der Waals surface area contributed by atoms with E-state index in [4.69, 9.17) is 42.8 Å². The maximum Gasteiger partial charge on any atom is 0.271 e. The van der Waals surface area contributed by atoms with Gasteiger partial charge in [0.25, 0.3) is 5.91 Å². The van der Waals surface area contributed by atoms with Crippen LogP contribution in [0.5, 0.6) is 17.2 Å². The van der Waals surface area contributed by atoms with Gasteiger partial charge in [0.2, 0.25) is 6.79 Å². The van der Waals surface area contributed by atoms with Crippen molar-refractivity contribution in [2.24, 2.45) is 0 Å². The highest BCUT2D eigenvalue weighted by Gasteiger charge is 2.34. The van der Waals surface area contributed by atoms with Crippen LogP contribution < -0.4 is 19.1 Å². The first-order valence-corrected chi connectivity index (χ1v) is 9.30. The van der Waals surface area contributed by atoms with E-state index >= 15 is 0 Å². The number of carbonyl (C=O) groups is 1. The van der Waals surface area contributed by atoms with Crippen LogP contribution in [0.1, 0.15) is 5.56 Å². The minimum Gasteiger partial charge on any atom is -0.495 e. The molecular formula is C18H12Cl2N2O4S. The van der Waals surface area contributed by atoms with Crippen LogP contribution in [-0.2, 0) is 4.79 Å². The van der Waals surface area contributed by atoms with Gasteiger partial charge in [-0.25, -0.2) is 0 Å². The summed E-state index contributed by atoms with van der Waals surface area (Å²) in [4.78, 5) is 14.6. The summed E-state index contributed by atoms with van der Waals surface area (Å²) in [6, 6.07) is 8.31. The summed E-state index contributed by atoms with van der Waals surface area (Å²) in [7, 11) is 1.49. The molecule has 0 aromatic heterocycles. The number of halogens is 2. The summed E-state index contributed by atoms with van der Waals surface area (Å²) in [5, 5.41) is 9.07. The van der Waals surface area contributed by atoms with E-state index in [2.05, 4.69) is 0 Å². The number of methoxy groups -OCH3 is 1. The Morgan fingerprint density at radius 3 is 2.78 bits per heavy atom. The molecule has 138 valence electrons. The van der Waals surface area contributed by atoms with Gasteiger partial charge in [0, 0.05) is 16.7 Å². The molecule has 1 saturated heterocycles. The van der Waals surface area contributed by atoms with Crippen LogP contribution in [0.2, 0.25) is 10.0 Å². The van der Waals surface area contributed by atoms with E-state index in [9.17, 15) is 4.79 Å². The SMILES string of the molecule is COc1c(Cl)cc(Cl)cc1C=C1SC(=N)N(c2ccc3c(c2)OCO3)C1=O. The lowest BCUT2D eigenvalue weighted by Crippen LogP contribution is -2.28. The number of hydrogen-bond donors (Lipinski definition) is 1. The van der Waals surface area contributed by atoms with Gasteiger partial charge in [0.1, 0.15) is 5.75 Å². The molecular weight excluding hydrogens is 411 g/mol. The lowest BCUT2D eigenvalue weighted by atomic mass is 10.1. The fourth-order valence-corrected chi connectivity index (χ4v) is 4.23. The summed E-state index contributed by atoms with van der Waals surface area (Å²) >= 11 is 13.3. The zero-order valence-electron chi connectivity index (χ0n) is 13.9. The predicted octanol–water partition coefficient (Wildman–Crippen LogP) is 4.79. The smallest absolute Gasteiger partial charge is 0.271 e. The largest absolute Gasteiger partial charge is 0.495 e. The number of fused-ring (bicyclic) bond motifs is 1. The first kappa shape index (κ1) is 18.0. The van der Waals surface area contributed by atoms with Crippen LogP contribution in [-0.4, -0.2) is 25.0 Å². The number of amidine groups is 1. The summed E-state index contributed by atoms with van der Waals surface area (Å²) in [6.07, 6.45) is 1.62. The van der Waals surface area contributed by atoms with Gasteiger partial charge in [0.05, 0.1) is 22.7 Å². The number of rotatable bonds is 3. The molecule has 0 radical (unpaired) electrons. The fourth-order valence-electron chi connectivity index (χ4n) is 2.79. The number of amides is 1. The maximum absolute atomic E-state index is 12.9. The highest BCUT2D eigenvalue weighted by molar-refractivity contribution is 8.19. The number of ether oxygens (including phenoxy) is 3. The molecule has 0 spiro atoms. The molecule has 0 bridgehead atoms. The molecule has 1 amide bonds. The van der Waals surface area contributed by atoms with Gasteiger partial charge in [-0.3, -0.25) is 15.1 Å². The van der Waals surface area contributed by atoms with Crippen molar-refractivity contribution < 1.29 is 19.0 Å². The molecule has 27 heavy (non-hydrogen) atoms. The van der Waals surface area contributed by atoms with Crippen molar-refractivity contribution in [3.63, 3.8) is 0 Å². The molecule has 2 aromatic carbocycles. The predicted molar refractivity (Wildman–Crippen MR) is 106 cm³/mol. The summed E-state index contributed by atoms with van der Waals surface area (Å²) in [5.41, 5.74) is 1.09. The third-order valence-electron chi connectivity index (χ3n) is 3.97. The van der Waals surface area contributed by atoms with Crippen molar-refractivity contribution in [2.75, 3.05) is 18.8 Å². The minimum absolute atomic E-state index is 0.0807. The van der Waals surface area contributed by atoms with Gasteiger partial charge in [-0.15, -0.1) is 0 Å². The number of hydrogen-bond acceptors (Lipinski definition) is 6. The first-order chi connectivity index (χ1) is 13.0. The second-order valence-electron chi connectivity index (χ2n) is 5.60. The van der Waals surface area contributed by atoms with Gasteiger partial charge in [-0.2, -0.15) is 0 Å². The van der Waals surface area contributed by atoms with Crippen molar-refractivity contribution in [1.29, 1.82) is 5.41 Å². The van der Waals surface area contributed by atoms with Gasteiger partial charge >= 0.3 is 0 Å². The second kappa shape index (κ2) is 6.99. The third-order valence-corrected chi connectivity index (χ3v) is 5.35. The van der Waals surface area contributed by atoms with E-state index in [0.717, 1.165) is 11.8 Å². The molecule has 0 atom stereocenters. The number of thioether (sulfide) groups is 1. The standard InChI is InChI=1S/C18H12Cl2N2O4S/c1-24-16-9(4-10(19)6-12(16)20)5-15-17(23)22(18(21)27-15)11-2-3-13-14(7-11)26-8-25-13/h2-7,21H,8H2,1H3. The molecule has 0 saturated carbocycles. The van der Waals surface area contributed by atoms with Gasteiger partial charge in [-0.05, 0) is 42.1 Å². The van der Waals surface area contributed by atoms with Crippen molar-refractivity contribution in [3.8, 4) is 17.2 Å². The topological polar surface area (TPSA) is 71.8 Å². The third kappa shape index (κ3) is 3.22. The molecule has 6 nitrogen and oxygen atoms in total.